The number of carbonyl (C=O) groups excluding carboxylic acids is 1. The summed E-state index contributed by atoms with van der Waals surface area (Å²) in [6.45, 7) is 3.15. The normalized spacial score (nSPS) is 15.4. The molecule has 2 aromatic rings. The number of nitrogens with one attached hydrogen (secondary N) is 3. The second kappa shape index (κ2) is 7.93. The maximum Gasteiger partial charge on any atom is 0.182 e. The topological polar surface area (TPSA) is 53.2 Å². The van der Waals surface area contributed by atoms with Crippen molar-refractivity contribution in [2.75, 3.05) is 18.4 Å². The minimum absolute atomic E-state index is 0.0332. The molecule has 1 heterocycles. The second-order valence-electron chi connectivity index (χ2n) is 6.14. The van der Waals surface area contributed by atoms with Crippen molar-refractivity contribution in [3.63, 3.8) is 0 Å². The predicted octanol–water partition coefficient (Wildman–Crippen LogP) is 3.58. The van der Waals surface area contributed by atoms with Gasteiger partial charge >= 0.3 is 0 Å². The molecule has 0 amide bonds. The molecular formula is C18H17F3IN3O. The zero-order chi connectivity index (χ0) is 18.8. The number of ketones is 1. The van der Waals surface area contributed by atoms with E-state index in [0.717, 1.165) is 19.2 Å². The first-order valence-electron chi connectivity index (χ1n) is 8.08. The van der Waals surface area contributed by atoms with Crippen LogP contribution in [0.4, 0.5) is 24.5 Å². The quantitative estimate of drug-likeness (QED) is 0.442. The van der Waals surface area contributed by atoms with Gasteiger partial charge in [0.25, 0.3) is 0 Å². The monoisotopic (exact) mass is 475 g/mol. The molecule has 8 heteroatoms. The highest BCUT2D eigenvalue weighted by atomic mass is 127. The summed E-state index contributed by atoms with van der Waals surface area (Å²) in [6, 6.07) is 5.98. The van der Waals surface area contributed by atoms with Crippen LogP contribution in [0.3, 0.4) is 0 Å². The Hall–Kier alpha value is -1.65. The SMILES string of the molecule is CC(NC1CNC1)C(=O)c1ccc(F)c(F)c1Nc1ccc(I)cc1F. The predicted molar refractivity (Wildman–Crippen MR) is 102 cm³/mol. The Labute approximate surface area is 162 Å². The number of halogens is 4. The molecule has 1 unspecified atom stereocenters. The lowest BCUT2D eigenvalue weighted by Gasteiger charge is -2.30. The Bertz CT molecular complexity index is 843. The van der Waals surface area contributed by atoms with Crippen molar-refractivity contribution in [3.05, 3.63) is 56.9 Å². The van der Waals surface area contributed by atoms with E-state index in [1.54, 1.807) is 13.0 Å². The van der Waals surface area contributed by atoms with E-state index in [4.69, 9.17) is 0 Å². The largest absolute Gasteiger partial charge is 0.350 e. The summed E-state index contributed by atoms with van der Waals surface area (Å²) in [5, 5.41) is 8.75. The van der Waals surface area contributed by atoms with Gasteiger partial charge in [-0.1, -0.05) is 0 Å². The van der Waals surface area contributed by atoms with E-state index in [2.05, 4.69) is 16.0 Å². The highest BCUT2D eigenvalue weighted by Gasteiger charge is 2.26. The van der Waals surface area contributed by atoms with E-state index >= 15 is 0 Å². The molecule has 0 aliphatic carbocycles. The summed E-state index contributed by atoms with van der Waals surface area (Å²) >= 11 is 1.94. The van der Waals surface area contributed by atoms with E-state index in [9.17, 15) is 18.0 Å². The van der Waals surface area contributed by atoms with Crippen molar-refractivity contribution in [3.8, 4) is 0 Å². The van der Waals surface area contributed by atoms with E-state index in [-0.39, 0.29) is 23.0 Å². The smallest absolute Gasteiger partial charge is 0.182 e. The van der Waals surface area contributed by atoms with Gasteiger partial charge in [-0.15, -0.1) is 0 Å². The van der Waals surface area contributed by atoms with E-state index in [0.29, 0.717) is 3.57 Å². The molecule has 0 bridgehead atoms. The number of rotatable bonds is 6. The van der Waals surface area contributed by atoms with Crippen LogP contribution in [-0.4, -0.2) is 31.0 Å². The van der Waals surface area contributed by atoms with Gasteiger partial charge in [0.1, 0.15) is 5.82 Å². The molecule has 1 aliphatic rings. The molecule has 0 radical (unpaired) electrons. The Morgan fingerprint density at radius 2 is 1.92 bits per heavy atom. The Morgan fingerprint density at radius 3 is 2.54 bits per heavy atom. The Balaban J connectivity index is 1.92. The molecule has 0 spiro atoms. The lowest BCUT2D eigenvalue weighted by atomic mass is 10.0. The Kier molecular flexibility index (Phi) is 5.83. The maximum absolute atomic E-state index is 14.4. The van der Waals surface area contributed by atoms with Gasteiger partial charge in [0.05, 0.1) is 17.4 Å². The van der Waals surface area contributed by atoms with Crippen molar-refractivity contribution in [1.29, 1.82) is 0 Å². The van der Waals surface area contributed by atoms with Crippen LogP contribution in [0.25, 0.3) is 0 Å². The average molecular weight is 475 g/mol. The molecule has 1 aliphatic heterocycles. The van der Waals surface area contributed by atoms with Gasteiger partial charge in [-0.25, -0.2) is 13.2 Å². The van der Waals surface area contributed by atoms with Crippen LogP contribution in [0.1, 0.15) is 17.3 Å². The molecule has 138 valence electrons. The van der Waals surface area contributed by atoms with Crippen LogP contribution >= 0.6 is 22.6 Å². The standard InChI is InChI=1S/C18H17F3IN3O/c1-9(24-11-7-23-8-11)18(26)12-3-4-13(19)16(21)17(12)25-15-5-2-10(22)6-14(15)20/h2-6,9,11,23-25H,7-8H2,1H3. The molecule has 3 rings (SSSR count). The maximum atomic E-state index is 14.4. The lowest BCUT2D eigenvalue weighted by molar-refractivity contribution is 0.0939. The third kappa shape index (κ3) is 4.02. The Morgan fingerprint density at radius 1 is 1.19 bits per heavy atom. The fourth-order valence-corrected chi connectivity index (χ4v) is 3.13. The van der Waals surface area contributed by atoms with Gasteiger partial charge in [0.2, 0.25) is 0 Å². The number of carbonyl (C=O) groups is 1. The van der Waals surface area contributed by atoms with Gasteiger partial charge in [-0.3, -0.25) is 4.79 Å². The van der Waals surface area contributed by atoms with Crippen LogP contribution in [0.5, 0.6) is 0 Å². The van der Waals surface area contributed by atoms with Gasteiger partial charge in [0.15, 0.2) is 17.4 Å². The van der Waals surface area contributed by atoms with Gasteiger partial charge in [-0.2, -0.15) is 0 Å². The molecule has 1 fully saturated rings. The zero-order valence-electron chi connectivity index (χ0n) is 13.9. The molecule has 2 aromatic carbocycles. The molecule has 1 saturated heterocycles. The fourth-order valence-electron chi connectivity index (χ4n) is 2.67. The average Bonchev–Trinajstić information content (AvgIpc) is 2.56. The number of benzene rings is 2. The number of hydrogen-bond donors (Lipinski definition) is 3. The summed E-state index contributed by atoms with van der Waals surface area (Å²) in [7, 11) is 0. The third-order valence-electron chi connectivity index (χ3n) is 4.21. The summed E-state index contributed by atoms with van der Waals surface area (Å²) in [4.78, 5) is 12.7. The minimum atomic E-state index is -1.22. The number of hydrogen-bond acceptors (Lipinski definition) is 4. The third-order valence-corrected chi connectivity index (χ3v) is 4.88. The van der Waals surface area contributed by atoms with Crippen LogP contribution < -0.4 is 16.0 Å². The van der Waals surface area contributed by atoms with Crippen LogP contribution in [0.15, 0.2) is 30.3 Å². The van der Waals surface area contributed by atoms with Crippen molar-refractivity contribution >= 4 is 39.7 Å². The minimum Gasteiger partial charge on any atom is -0.350 e. The van der Waals surface area contributed by atoms with Gasteiger partial charge in [0, 0.05) is 28.3 Å². The zero-order valence-corrected chi connectivity index (χ0v) is 16.0. The van der Waals surface area contributed by atoms with Crippen molar-refractivity contribution in [1.82, 2.24) is 10.6 Å². The summed E-state index contributed by atoms with van der Waals surface area (Å²) in [5.74, 6) is -3.35. The summed E-state index contributed by atoms with van der Waals surface area (Å²) < 4.78 is 42.9. The first kappa shape index (κ1) is 19.1. The van der Waals surface area contributed by atoms with E-state index in [1.165, 1.54) is 18.2 Å². The highest BCUT2D eigenvalue weighted by Crippen LogP contribution is 2.29. The summed E-state index contributed by atoms with van der Waals surface area (Å²) in [5.41, 5.74) is -0.433. The number of Topliss-reactive ketones (excluding diaryl/α,β-unsaturated/α-hetero) is 1. The van der Waals surface area contributed by atoms with E-state index < -0.39 is 29.3 Å². The second-order valence-corrected chi connectivity index (χ2v) is 7.39. The van der Waals surface area contributed by atoms with Crippen LogP contribution in [0, 0.1) is 21.0 Å². The molecule has 0 saturated carbocycles. The van der Waals surface area contributed by atoms with Gasteiger partial charge < -0.3 is 16.0 Å². The van der Waals surface area contributed by atoms with Crippen LogP contribution in [-0.2, 0) is 0 Å². The molecule has 0 aromatic heterocycles. The van der Waals surface area contributed by atoms with Crippen molar-refractivity contribution in [2.45, 2.75) is 19.0 Å². The first-order valence-corrected chi connectivity index (χ1v) is 9.15. The molecule has 26 heavy (non-hydrogen) atoms. The van der Waals surface area contributed by atoms with Crippen LogP contribution in [0.2, 0.25) is 0 Å². The number of anilines is 2. The fraction of sp³-hybridized carbons (Fsp3) is 0.278. The molecule has 1 atom stereocenters. The van der Waals surface area contributed by atoms with Crippen molar-refractivity contribution < 1.29 is 18.0 Å². The molecule has 3 N–H and O–H groups in total. The van der Waals surface area contributed by atoms with Crippen molar-refractivity contribution in [2.24, 2.45) is 0 Å². The molecule has 4 nitrogen and oxygen atoms in total. The molecular weight excluding hydrogens is 458 g/mol. The first-order chi connectivity index (χ1) is 12.4. The van der Waals surface area contributed by atoms with E-state index in [1.807, 2.05) is 22.6 Å². The summed E-state index contributed by atoms with van der Waals surface area (Å²) in [6.07, 6.45) is 0. The van der Waals surface area contributed by atoms with Gasteiger partial charge in [-0.05, 0) is 59.8 Å². The highest BCUT2D eigenvalue weighted by molar-refractivity contribution is 14.1. The lowest BCUT2D eigenvalue weighted by Crippen LogP contribution is -2.58.